The van der Waals surface area contributed by atoms with E-state index in [0.29, 0.717) is 19.6 Å². The van der Waals surface area contributed by atoms with Gasteiger partial charge in [0.15, 0.2) is 0 Å². The van der Waals surface area contributed by atoms with Gasteiger partial charge in [0.2, 0.25) is 0 Å². The van der Waals surface area contributed by atoms with Crippen molar-refractivity contribution in [1.29, 1.82) is 0 Å². The molecule has 4 nitrogen and oxygen atoms in total. The Morgan fingerprint density at radius 1 is 1.53 bits per heavy atom. The minimum Gasteiger partial charge on any atom is -0.466 e. The van der Waals surface area contributed by atoms with Crippen molar-refractivity contribution in [2.75, 3.05) is 13.2 Å². The fourth-order valence-electron chi connectivity index (χ4n) is 2.23. The highest BCUT2D eigenvalue weighted by Gasteiger charge is 2.35. The topological polar surface area (TPSA) is 55.8 Å². The first-order valence-corrected chi connectivity index (χ1v) is 6.67. The molecule has 0 spiro atoms. The fourth-order valence-corrected chi connectivity index (χ4v) is 2.23. The number of aliphatic hydroxyl groups excluding tert-OH is 1. The summed E-state index contributed by atoms with van der Waals surface area (Å²) in [5.41, 5.74) is 0. The van der Waals surface area contributed by atoms with Crippen molar-refractivity contribution >= 4 is 5.97 Å². The van der Waals surface area contributed by atoms with Gasteiger partial charge in [0.05, 0.1) is 24.7 Å². The standard InChI is InChI=1S/C13H24O4/c1-3-5-7-10(13(15)16-4-2)12(14)11-8-6-9-17-11/h10-12,14H,3-9H2,1-2H3/t10-,11+,12+/m1/s1. The maximum absolute atomic E-state index is 11.8. The number of ether oxygens (including phenoxy) is 2. The third kappa shape index (κ3) is 4.28. The molecule has 0 aliphatic carbocycles. The molecular weight excluding hydrogens is 220 g/mol. The molecule has 0 radical (unpaired) electrons. The van der Waals surface area contributed by atoms with E-state index >= 15 is 0 Å². The van der Waals surface area contributed by atoms with Gasteiger partial charge < -0.3 is 14.6 Å². The van der Waals surface area contributed by atoms with Crippen LogP contribution in [-0.4, -0.2) is 36.5 Å². The van der Waals surface area contributed by atoms with Gasteiger partial charge in [-0.1, -0.05) is 19.8 Å². The molecule has 0 aromatic rings. The molecule has 1 heterocycles. The maximum atomic E-state index is 11.8. The summed E-state index contributed by atoms with van der Waals surface area (Å²) in [7, 11) is 0. The number of carbonyl (C=O) groups is 1. The Kier molecular flexibility index (Phi) is 6.52. The van der Waals surface area contributed by atoms with Gasteiger partial charge in [0, 0.05) is 6.61 Å². The lowest BCUT2D eigenvalue weighted by Crippen LogP contribution is -2.38. The zero-order valence-electron chi connectivity index (χ0n) is 10.9. The molecule has 1 saturated heterocycles. The van der Waals surface area contributed by atoms with Crippen LogP contribution in [0.15, 0.2) is 0 Å². The Morgan fingerprint density at radius 3 is 2.82 bits per heavy atom. The minimum atomic E-state index is -0.719. The monoisotopic (exact) mass is 244 g/mol. The number of unbranched alkanes of at least 4 members (excludes halogenated alkanes) is 1. The van der Waals surface area contributed by atoms with Gasteiger partial charge in [0.1, 0.15) is 0 Å². The van der Waals surface area contributed by atoms with E-state index in [2.05, 4.69) is 6.92 Å². The van der Waals surface area contributed by atoms with Crippen LogP contribution in [0, 0.1) is 5.92 Å². The fraction of sp³-hybridized carbons (Fsp3) is 0.923. The SMILES string of the molecule is CCCC[C@@H](C(=O)OCC)[C@H](O)[C@@H]1CCCO1. The van der Waals surface area contributed by atoms with E-state index in [9.17, 15) is 9.90 Å². The Labute approximate surface area is 103 Å². The van der Waals surface area contributed by atoms with Crippen LogP contribution >= 0.6 is 0 Å². The molecule has 1 N–H and O–H groups in total. The first kappa shape index (κ1) is 14.5. The van der Waals surface area contributed by atoms with E-state index in [1.807, 2.05) is 0 Å². The molecule has 1 rings (SSSR count). The van der Waals surface area contributed by atoms with Crippen LogP contribution in [0.25, 0.3) is 0 Å². The van der Waals surface area contributed by atoms with Crippen molar-refractivity contribution in [3.05, 3.63) is 0 Å². The second-order valence-electron chi connectivity index (χ2n) is 4.54. The molecule has 4 heteroatoms. The third-order valence-corrected chi connectivity index (χ3v) is 3.22. The number of hydrogen-bond acceptors (Lipinski definition) is 4. The molecule has 3 atom stereocenters. The summed E-state index contributed by atoms with van der Waals surface area (Å²) in [6.07, 6.45) is 3.50. The molecule has 0 bridgehead atoms. The summed E-state index contributed by atoms with van der Waals surface area (Å²) in [4.78, 5) is 11.8. The van der Waals surface area contributed by atoms with Crippen molar-refractivity contribution < 1.29 is 19.4 Å². The van der Waals surface area contributed by atoms with E-state index in [-0.39, 0.29) is 12.1 Å². The molecule has 0 saturated carbocycles. The predicted octanol–water partition coefficient (Wildman–Crippen LogP) is 1.90. The number of hydrogen-bond donors (Lipinski definition) is 1. The van der Waals surface area contributed by atoms with Crippen molar-refractivity contribution in [1.82, 2.24) is 0 Å². The molecule has 1 aliphatic heterocycles. The van der Waals surface area contributed by atoms with E-state index in [0.717, 1.165) is 25.7 Å². The van der Waals surface area contributed by atoms with E-state index in [4.69, 9.17) is 9.47 Å². The summed E-state index contributed by atoms with van der Waals surface area (Å²) in [6.45, 7) is 4.90. The molecule has 17 heavy (non-hydrogen) atoms. The highest BCUT2D eigenvalue weighted by Crippen LogP contribution is 2.25. The first-order valence-electron chi connectivity index (χ1n) is 6.67. The highest BCUT2D eigenvalue weighted by atomic mass is 16.5. The highest BCUT2D eigenvalue weighted by molar-refractivity contribution is 5.73. The lowest BCUT2D eigenvalue weighted by Gasteiger charge is -2.25. The number of esters is 1. The second kappa shape index (κ2) is 7.67. The number of carbonyl (C=O) groups excluding carboxylic acids is 1. The Hall–Kier alpha value is -0.610. The molecule has 1 aliphatic rings. The summed E-state index contributed by atoms with van der Waals surface area (Å²) in [5, 5.41) is 10.2. The van der Waals surface area contributed by atoms with Gasteiger partial charge in [-0.15, -0.1) is 0 Å². The Bertz CT molecular complexity index is 223. The molecule has 0 unspecified atom stereocenters. The number of rotatable bonds is 7. The summed E-state index contributed by atoms with van der Waals surface area (Å²) < 4.78 is 10.5. The predicted molar refractivity (Wildman–Crippen MR) is 64.6 cm³/mol. The quantitative estimate of drug-likeness (QED) is 0.695. The van der Waals surface area contributed by atoms with Crippen LogP contribution in [0.4, 0.5) is 0 Å². The average molecular weight is 244 g/mol. The van der Waals surface area contributed by atoms with E-state index in [1.54, 1.807) is 6.92 Å². The maximum Gasteiger partial charge on any atom is 0.311 e. The third-order valence-electron chi connectivity index (χ3n) is 3.22. The van der Waals surface area contributed by atoms with Crippen LogP contribution in [-0.2, 0) is 14.3 Å². The minimum absolute atomic E-state index is 0.193. The molecule has 0 amide bonds. The van der Waals surface area contributed by atoms with Crippen molar-refractivity contribution in [2.45, 2.75) is 58.2 Å². The van der Waals surface area contributed by atoms with Gasteiger partial charge >= 0.3 is 5.97 Å². The Morgan fingerprint density at radius 2 is 2.29 bits per heavy atom. The van der Waals surface area contributed by atoms with Crippen LogP contribution < -0.4 is 0 Å². The largest absolute Gasteiger partial charge is 0.466 e. The van der Waals surface area contributed by atoms with Crippen molar-refractivity contribution in [2.24, 2.45) is 5.92 Å². The average Bonchev–Trinajstić information content (AvgIpc) is 2.83. The number of aliphatic hydroxyl groups is 1. The lowest BCUT2D eigenvalue weighted by molar-refractivity contribution is -0.156. The lowest BCUT2D eigenvalue weighted by atomic mass is 9.91. The zero-order chi connectivity index (χ0) is 12.7. The van der Waals surface area contributed by atoms with Crippen LogP contribution in [0.1, 0.15) is 46.0 Å². The van der Waals surface area contributed by atoms with Gasteiger partial charge in [-0.05, 0) is 26.2 Å². The Balaban J connectivity index is 2.56. The summed E-state index contributed by atoms with van der Waals surface area (Å²) >= 11 is 0. The van der Waals surface area contributed by atoms with Gasteiger partial charge in [-0.3, -0.25) is 4.79 Å². The van der Waals surface area contributed by atoms with E-state index < -0.39 is 12.0 Å². The first-order chi connectivity index (χ1) is 8.20. The van der Waals surface area contributed by atoms with Crippen LogP contribution in [0.3, 0.4) is 0 Å². The van der Waals surface area contributed by atoms with Gasteiger partial charge in [0.25, 0.3) is 0 Å². The zero-order valence-corrected chi connectivity index (χ0v) is 10.9. The molecule has 1 fully saturated rings. The van der Waals surface area contributed by atoms with Gasteiger partial charge in [-0.2, -0.15) is 0 Å². The molecule has 0 aromatic carbocycles. The van der Waals surface area contributed by atoms with E-state index in [1.165, 1.54) is 0 Å². The normalized spacial score (nSPS) is 23.4. The molecule has 100 valence electrons. The van der Waals surface area contributed by atoms with Crippen molar-refractivity contribution in [3.8, 4) is 0 Å². The second-order valence-corrected chi connectivity index (χ2v) is 4.54. The smallest absolute Gasteiger partial charge is 0.311 e. The van der Waals surface area contributed by atoms with Crippen LogP contribution in [0.2, 0.25) is 0 Å². The van der Waals surface area contributed by atoms with Crippen molar-refractivity contribution in [3.63, 3.8) is 0 Å². The summed E-state index contributed by atoms with van der Waals surface area (Å²) in [5.74, 6) is -0.720. The van der Waals surface area contributed by atoms with Gasteiger partial charge in [-0.25, -0.2) is 0 Å². The molecular formula is C13H24O4. The van der Waals surface area contributed by atoms with Crippen LogP contribution in [0.5, 0.6) is 0 Å². The summed E-state index contributed by atoms with van der Waals surface area (Å²) in [6, 6.07) is 0. The molecule has 0 aromatic heterocycles.